The van der Waals surface area contributed by atoms with Gasteiger partial charge in [-0.2, -0.15) is 0 Å². The van der Waals surface area contributed by atoms with Crippen LogP contribution in [-0.2, 0) is 6.42 Å². The van der Waals surface area contributed by atoms with Crippen LogP contribution in [0.1, 0.15) is 17.0 Å². The molecule has 3 nitrogen and oxygen atoms in total. The molecule has 1 aliphatic rings. The number of fused-ring (bicyclic) bond motifs is 1. The minimum Gasteiger partial charge on any atom is -0.454 e. The molecular formula is C17H20NO2+. The molecule has 0 spiro atoms. The van der Waals surface area contributed by atoms with E-state index in [0.29, 0.717) is 12.7 Å². The third-order valence-electron chi connectivity index (χ3n) is 3.71. The Morgan fingerprint density at radius 3 is 2.65 bits per heavy atom. The zero-order chi connectivity index (χ0) is 13.8. The van der Waals surface area contributed by atoms with Crippen molar-refractivity contribution in [2.45, 2.75) is 12.3 Å². The second-order valence-corrected chi connectivity index (χ2v) is 5.14. The smallest absolute Gasteiger partial charge is 0.231 e. The lowest BCUT2D eigenvalue weighted by molar-refractivity contribution is -0.629. The summed E-state index contributed by atoms with van der Waals surface area (Å²) < 4.78 is 10.9. The van der Waals surface area contributed by atoms with Crippen LogP contribution in [0.15, 0.2) is 48.5 Å². The van der Waals surface area contributed by atoms with E-state index in [1.165, 1.54) is 11.1 Å². The molecule has 0 bridgehead atoms. The predicted molar refractivity (Wildman–Crippen MR) is 78.2 cm³/mol. The molecule has 0 amide bonds. The second kappa shape index (κ2) is 5.97. The number of hydrogen-bond donors (Lipinski definition) is 1. The molecule has 1 heterocycles. The molecule has 0 radical (unpaired) electrons. The Labute approximate surface area is 119 Å². The van der Waals surface area contributed by atoms with E-state index in [4.69, 9.17) is 9.47 Å². The van der Waals surface area contributed by atoms with Crippen LogP contribution in [-0.4, -0.2) is 20.4 Å². The molecule has 2 aromatic rings. The molecule has 1 unspecified atom stereocenters. The van der Waals surface area contributed by atoms with Gasteiger partial charge in [0.2, 0.25) is 6.79 Å². The molecule has 0 aromatic heterocycles. The third kappa shape index (κ3) is 2.78. The zero-order valence-electron chi connectivity index (χ0n) is 11.7. The van der Waals surface area contributed by atoms with Crippen LogP contribution in [0.5, 0.6) is 11.5 Å². The molecule has 20 heavy (non-hydrogen) atoms. The lowest BCUT2D eigenvalue weighted by Crippen LogP contribution is -2.80. The maximum atomic E-state index is 5.49. The van der Waals surface area contributed by atoms with E-state index in [1.807, 2.05) is 6.07 Å². The van der Waals surface area contributed by atoms with Crippen molar-refractivity contribution in [1.82, 2.24) is 0 Å². The summed E-state index contributed by atoms with van der Waals surface area (Å²) in [5, 5.41) is 2.23. The molecule has 3 heteroatoms. The molecule has 2 N–H and O–H groups in total. The van der Waals surface area contributed by atoms with Crippen molar-refractivity contribution in [3.05, 3.63) is 59.7 Å². The van der Waals surface area contributed by atoms with Gasteiger partial charge in [-0.25, -0.2) is 0 Å². The largest absolute Gasteiger partial charge is 0.454 e. The van der Waals surface area contributed by atoms with Gasteiger partial charge in [-0.15, -0.1) is 0 Å². The lowest BCUT2D eigenvalue weighted by Gasteiger charge is -2.15. The Kier molecular flexibility index (Phi) is 3.88. The standard InChI is InChI=1S/C17H19NO2/c1-18-11-15(9-13-5-3-2-4-6-13)14-7-8-16-17(10-14)20-12-19-16/h2-8,10,15,18H,9,11-12H2,1H3/p+1. The van der Waals surface area contributed by atoms with E-state index in [9.17, 15) is 0 Å². The average molecular weight is 270 g/mol. The summed E-state index contributed by atoms with van der Waals surface area (Å²) in [6.07, 6.45) is 1.05. The van der Waals surface area contributed by atoms with Crippen LogP contribution in [0.25, 0.3) is 0 Å². The third-order valence-corrected chi connectivity index (χ3v) is 3.71. The highest BCUT2D eigenvalue weighted by atomic mass is 16.7. The van der Waals surface area contributed by atoms with Crippen molar-refractivity contribution in [2.75, 3.05) is 20.4 Å². The fraction of sp³-hybridized carbons (Fsp3) is 0.294. The van der Waals surface area contributed by atoms with E-state index in [0.717, 1.165) is 24.5 Å². The van der Waals surface area contributed by atoms with Crippen LogP contribution < -0.4 is 14.8 Å². The maximum Gasteiger partial charge on any atom is 0.231 e. The molecule has 1 aliphatic heterocycles. The van der Waals surface area contributed by atoms with Gasteiger partial charge in [0.05, 0.1) is 13.6 Å². The summed E-state index contributed by atoms with van der Waals surface area (Å²) in [6, 6.07) is 16.9. The predicted octanol–water partition coefficient (Wildman–Crippen LogP) is 1.93. The molecule has 0 saturated carbocycles. The fourth-order valence-electron chi connectivity index (χ4n) is 2.69. The van der Waals surface area contributed by atoms with Crippen LogP contribution >= 0.6 is 0 Å². The van der Waals surface area contributed by atoms with E-state index in [-0.39, 0.29) is 0 Å². The second-order valence-electron chi connectivity index (χ2n) is 5.14. The fourth-order valence-corrected chi connectivity index (χ4v) is 2.69. The molecule has 2 aromatic carbocycles. The van der Waals surface area contributed by atoms with Crippen LogP contribution in [0, 0.1) is 0 Å². The minimum atomic E-state index is 0.335. The van der Waals surface area contributed by atoms with E-state index in [1.54, 1.807) is 0 Å². The molecule has 0 aliphatic carbocycles. The zero-order valence-corrected chi connectivity index (χ0v) is 11.7. The number of rotatable bonds is 5. The lowest BCUT2D eigenvalue weighted by atomic mass is 9.91. The summed E-state index contributed by atoms with van der Waals surface area (Å²) in [5.41, 5.74) is 2.69. The normalized spacial score (nSPS) is 14.2. The number of benzene rings is 2. The van der Waals surface area contributed by atoms with E-state index in [2.05, 4.69) is 54.8 Å². The van der Waals surface area contributed by atoms with Gasteiger partial charge in [0.15, 0.2) is 11.5 Å². The van der Waals surface area contributed by atoms with Gasteiger partial charge in [0.1, 0.15) is 0 Å². The molecular weight excluding hydrogens is 250 g/mol. The number of hydrogen-bond acceptors (Lipinski definition) is 2. The minimum absolute atomic E-state index is 0.335. The highest BCUT2D eigenvalue weighted by Gasteiger charge is 2.19. The van der Waals surface area contributed by atoms with Gasteiger partial charge in [-0.1, -0.05) is 36.4 Å². The first-order chi connectivity index (χ1) is 9.86. The molecule has 104 valence electrons. The summed E-state index contributed by atoms with van der Waals surface area (Å²) in [6.45, 7) is 1.40. The molecule has 3 rings (SSSR count). The van der Waals surface area contributed by atoms with Gasteiger partial charge in [-0.3, -0.25) is 0 Å². The summed E-state index contributed by atoms with van der Waals surface area (Å²) in [4.78, 5) is 0. The Balaban J connectivity index is 1.83. The number of ether oxygens (including phenoxy) is 2. The first kappa shape index (κ1) is 13.0. The van der Waals surface area contributed by atoms with Gasteiger partial charge in [0, 0.05) is 5.92 Å². The van der Waals surface area contributed by atoms with Crippen molar-refractivity contribution in [3.63, 3.8) is 0 Å². The van der Waals surface area contributed by atoms with Crippen LogP contribution in [0.3, 0.4) is 0 Å². The Hall–Kier alpha value is -2.00. The average Bonchev–Trinajstić information content (AvgIpc) is 2.95. The Bertz CT molecular complexity index is 568. The SMILES string of the molecule is C[NH2+]CC(Cc1ccccc1)c1ccc2c(c1)OCO2. The Morgan fingerprint density at radius 2 is 1.85 bits per heavy atom. The van der Waals surface area contributed by atoms with Gasteiger partial charge in [-0.05, 0) is 29.7 Å². The van der Waals surface area contributed by atoms with Crippen molar-refractivity contribution in [3.8, 4) is 11.5 Å². The van der Waals surface area contributed by atoms with Gasteiger partial charge in [0.25, 0.3) is 0 Å². The first-order valence-electron chi connectivity index (χ1n) is 7.08. The maximum absolute atomic E-state index is 5.49. The quantitative estimate of drug-likeness (QED) is 0.901. The molecule has 1 atom stereocenters. The molecule has 0 fully saturated rings. The van der Waals surface area contributed by atoms with Crippen LogP contribution in [0.4, 0.5) is 0 Å². The molecule has 0 saturated heterocycles. The highest BCUT2D eigenvalue weighted by molar-refractivity contribution is 5.45. The number of likely N-dealkylation sites (N-methyl/N-ethyl adjacent to an activating group) is 1. The van der Waals surface area contributed by atoms with Crippen molar-refractivity contribution in [1.29, 1.82) is 0 Å². The number of quaternary nitrogens is 1. The summed E-state index contributed by atoms with van der Waals surface area (Å²) >= 11 is 0. The van der Waals surface area contributed by atoms with Crippen molar-refractivity contribution >= 4 is 0 Å². The highest BCUT2D eigenvalue weighted by Crippen LogP contribution is 2.35. The summed E-state index contributed by atoms with van der Waals surface area (Å²) in [7, 11) is 2.12. The van der Waals surface area contributed by atoms with Gasteiger partial charge >= 0.3 is 0 Å². The first-order valence-corrected chi connectivity index (χ1v) is 7.08. The van der Waals surface area contributed by atoms with Gasteiger partial charge < -0.3 is 14.8 Å². The van der Waals surface area contributed by atoms with Crippen molar-refractivity contribution in [2.24, 2.45) is 0 Å². The van der Waals surface area contributed by atoms with Crippen LogP contribution in [0.2, 0.25) is 0 Å². The number of nitrogens with two attached hydrogens (primary N) is 1. The van der Waals surface area contributed by atoms with E-state index >= 15 is 0 Å². The van der Waals surface area contributed by atoms with Crippen molar-refractivity contribution < 1.29 is 14.8 Å². The monoisotopic (exact) mass is 270 g/mol. The van der Waals surface area contributed by atoms with E-state index < -0.39 is 0 Å². The summed E-state index contributed by atoms with van der Waals surface area (Å²) in [5.74, 6) is 2.21. The Morgan fingerprint density at radius 1 is 1.05 bits per heavy atom. The topological polar surface area (TPSA) is 35.1 Å².